The van der Waals surface area contributed by atoms with E-state index < -0.39 is 0 Å². The van der Waals surface area contributed by atoms with Gasteiger partial charge in [-0.3, -0.25) is 4.90 Å². The van der Waals surface area contributed by atoms with Crippen molar-refractivity contribution in [1.29, 1.82) is 0 Å². The van der Waals surface area contributed by atoms with E-state index in [4.69, 9.17) is 14.0 Å². The highest BCUT2D eigenvalue weighted by atomic mass is 16.5. The predicted molar refractivity (Wildman–Crippen MR) is 107 cm³/mol. The first kappa shape index (κ1) is 18.3. The van der Waals surface area contributed by atoms with Crippen LogP contribution in [0, 0.1) is 0 Å². The van der Waals surface area contributed by atoms with Gasteiger partial charge in [-0.1, -0.05) is 17.3 Å². The number of piperazine rings is 1. The van der Waals surface area contributed by atoms with E-state index in [2.05, 4.69) is 32.1 Å². The largest absolute Gasteiger partial charge is 0.497 e. The second-order valence-corrected chi connectivity index (χ2v) is 6.67. The van der Waals surface area contributed by atoms with Crippen molar-refractivity contribution in [2.75, 3.05) is 45.3 Å². The van der Waals surface area contributed by atoms with E-state index in [1.807, 2.05) is 36.4 Å². The van der Waals surface area contributed by atoms with Crippen LogP contribution in [0.15, 0.2) is 53.1 Å². The fourth-order valence-electron chi connectivity index (χ4n) is 3.41. The smallest absolute Gasteiger partial charge is 0.241 e. The van der Waals surface area contributed by atoms with Crippen LogP contribution in [0.4, 0.5) is 5.69 Å². The van der Waals surface area contributed by atoms with Crippen LogP contribution in [0.2, 0.25) is 0 Å². The molecule has 28 heavy (non-hydrogen) atoms. The summed E-state index contributed by atoms with van der Waals surface area (Å²) in [5.74, 6) is 2.80. The van der Waals surface area contributed by atoms with Crippen LogP contribution in [0.5, 0.6) is 11.5 Å². The van der Waals surface area contributed by atoms with Gasteiger partial charge in [0.1, 0.15) is 11.5 Å². The van der Waals surface area contributed by atoms with Gasteiger partial charge in [0.2, 0.25) is 11.7 Å². The summed E-state index contributed by atoms with van der Waals surface area (Å²) in [6.07, 6.45) is 0. The van der Waals surface area contributed by atoms with E-state index in [1.54, 1.807) is 14.2 Å². The van der Waals surface area contributed by atoms with Crippen molar-refractivity contribution in [3.05, 3.63) is 54.4 Å². The number of benzene rings is 2. The number of ether oxygens (including phenoxy) is 2. The Morgan fingerprint density at radius 2 is 1.68 bits per heavy atom. The Bertz CT molecular complexity index is 902. The van der Waals surface area contributed by atoms with Crippen LogP contribution >= 0.6 is 0 Å². The fourth-order valence-corrected chi connectivity index (χ4v) is 3.41. The molecule has 0 atom stereocenters. The number of rotatable bonds is 6. The zero-order valence-electron chi connectivity index (χ0n) is 16.2. The minimum atomic E-state index is 0.560. The number of para-hydroxylation sites is 1. The maximum Gasteiger partial charge on any atom is 0.241 e. The molecule has 7 nitrogen and oxygen atoms in total. The lowest BCUT2D eigenvalue weighted by molar-refractivity contribution is 0.215. The Balaban J connectivity index is 1.35. The summed E-state index contributed by atoms with van der Waals surface area (Å²) in [6, 6.07) is 15.9. The molecule has 146 valence electrons. The molecule has 1 aliphatic rings. The number of aromatic nitrogens is 2. The molecule has 4 rings (SSSR count). The van der Waals surface area contributed by atoms with Gasteiger partial charge >= 0.3 is 0 Å². The number of hydrogen-bond donors (Lipinski definition) is 0. The van der Waals surface area contributed by atoms with Crippen LogP contribution in [-0.4, -0.2) is 55.4 Å². The summed E-state index contributed by atoms with van der Waals surface area (Å²) < 4.78 is 16.1. The van der Waals surface area contributed by atoms with E-state index in [0.717, 1.165) is 43.2 Å². The number of hydrogen-bond acceptors (Lipinski definition) is 7. The third-order valence-electron chi connectivity index (χ3n) is 4.98. The topological polar surface area (TPSA) is 63.9 Å². The number of nitrogens with zero attached hydrogens (tertiary/aromatic N) is 4. The first-order valence-corrected chi connectivity index (χ1v) is 9.34. The average molecular weight is 380 g/mol. The van der Waals surface area contributed by atoms with Crippen molar-refractivity contribution in [2.45, 2.75) is 6.54 Å². The van der Waals surface area contributed by atoms with Gasteiger partial charge in [0.25, 0.3) is 0 Å². The lowest BCUT2D eigenvalue weighted by atomic mass is 10.2. The zero-order chi connectivity index (χ0) is 19.3. The van der Waals surface area contributed by atoms with E-state index in [0.29, 0.717) is 18.3 Å². The molecular formula is C21H24N4O3. The van der Waals surface area contributed by atoms with Crippen molar-refractivity contribution in [2.24, 2.45) is 0 Å². The molecular weight excluding hydrogens is 356 g/mol. The SMILES string of the molecule is COc1ccc(N2CCN(Cc3nc(-c4ccccc4OC)no3)CC2)cc1. The molecule has 3 aromatic rings. The van der Waals surface area contributed by atoms with Crippen LogP contribution in [0.1, 0.15) is 5.89 Å². The summed E-state index contributed by atoms with van der Waals surface area (Å²) in [4.78, 5) is 9.26. The second-order valence-electron chi connectivity index (χ2n) is 6.67. The van der Waals surface area contributed by atoms with Gasteiger partial charge in [-0.15, -0.1) is 0 Å². The van der Waals surface area contributed by atoms with Gasteiger partial charge in [0.05, 0.1) is 26.3 Å². The Morgan fingerprint density at radius 3 is 2.39 bits per heavy atom. The standard InChI is InChI=1S/C21H24N4O3/c1-26-17-9-7-16(8-10-17)25-13-11-24(12-14-25)15-20-22-21(23-28-20)18-5-3-4-6-19(18)27-2/h3-10H,11-15H2,1-2H3. The molecule has 1 aliphatic heterocycles. The van der Waals surface area contributed by atoms with Crippen molar-refractivity contribution in [3.63, 3.8) is 0 Å². The normalized spacial score (nSPS) is 14.9. The van der Waals surface area contributed by atoms with Gasteiger partial charge in [-0.2, -0.15) is 4.98 Å². The van der Waals surface area contributed by atoms with E-state index >= 15 is 0 Å². The molecule has 0 amide bonds. The van der Waals surface area contributed by atoms with Crippen molar-refractivity contribution >= 4 is 5.69 Å². The molecule has 0 N–H and O–H groups in total. The molecule has 0 bridgehead atoms. The first-order chi connectivity index (χ1) is 13.8. The summed E-state index contributed by atoms with van der Waals surface area (Å²) in [5.41, 5.74) is 2.06. The molecule has 0 radical (unpaired) electrons. The predicted octanol–water partition coefficient (Wildman–Crippen LogP) is 3.08. The van der Waals surface area contributed by atoms with Crippen molar-refractivity contribution in [1.82, 2.24) is 15.0 Å². The Morgan fingerprint density at radius 1 is 0.929 bits per heavy atom. The van der Waals surface area contributed by atoms with Gasteiger partial charge in [0, 0.05) is 31.9 Å². The average Bonchev–Trinajstić information content (AvgIpc) is 3.22. The van der Waals surface area contributed by atoms with Gasteiger partial charge in [0.15, 0.2) is 0 Å². The third kappa shape index (κ3) is 3.94. The zero-order valence-corrected chi connectivity index (χ0v) is 16.2. The van der Waals surface area contributed by atoms with Crippen LogP contribution < -0.4 is 14.4 Å². The molecule has 1 fully saturated rings. The maximum atomic E-state index is 5.47. The van der Waals surface area contributed by atoms with Crippen LogP contribution in [0.3, 0.4) is 0 Å². The summed E-state index contributed by atoms with van der Waals surface area (Å²) in [6.45, 7) is 4.45. The van der Waals surface area contributed by atoms with Crippen molar-refractivity contribution in [3.8, 4) is 22.9 Å². The summed E-state index contributed by atoms with van der Waals surface area (Å²) >= 11 is 0. The number of anilines is 1. The molecule has 0 spiro atoms. The van der Waals surface area contributed by atoms with E-state index in [-0.39, 0.29) is 0 Å². The highest BCUT2D eigenvalue weighted by Gasteiger charge is 2.20. The second kappa shape index (κ2) is 8.31. The van der Waals surface area contributed by atoms with Crippen LogP contribution in [-0.2, 0) is 6.54 Å². The van der Waals surface area contributed by atoms with E-state index in [9.17, 15) is 0 Å². The molecule has 1 aromatic heterocycles. The Labute approximate surface area is 164 Å². The monoisotopic (exact) mass is 380 g/mol. The summed E-state index contributed by atoms with van der Waals surface area (Å²) in [7, 11) is 3.33. The minimum Gasteiger partial charge on any atom is -0.497 e. The number of methoxy groups -OCH3 is 2. The molecule has 1 saturated heterocycles. The fraction of sp³-hybridized carbons (Fsp3) is 0.333. The lowest BCUT2D eigenvalue weighted by Crippen LogP contribution is -2.46. The Kier molecular flexibility index (Phi) is 5.43. The van der Waals surface area contributed by atoms with Gasteiger partial charge in [-0.05, 0) is 36.4 Å². The molecule has 7 heteroatoms. The quantitative estimate of drug-likeness (QED) is 0.651. The molecule has 2 aromatic carbocycles. The highest BCUT2D eigenvalue weighted by molar-refractivity contribution is 5.63. The maximum absolute atomic E-state index is 5.47. The first-order valence-electron chi connectivity index (χ1n) is 9.34. The lowest BCUT2D eigenvalue weighted by Gasteiger charge is -2.35. The van der Waals surface area contributed by atoms with E-state index in [1.165, 1.54) is 5.69 Å². The minimum absolute atomic E-state index is 0.560. The Hall–Kier alpha value is -3.06. The molecule has 0 unspecified atom stereocenters. The van der Waals surface area contributed by atoms with Crippen molar-refractivity contribution < 1.29 is 14.0 Å². The third-order valence-corrected chi connectivity index (χ3v) is 4.98. The van der Waals surface area contributed by atoms with Gasteiger partial charge in [-0.25, -0.2) is 0 Å². The molecule has 2 heterocycles. The highest BCUT2D eigenvalue weighted by Crippen LogP contribution is 2.27. The summed E-state index contributed by atoms with van der Waals surface area (Å²) in [5, 5.41) is 4.12. The van der Waals surface area contributed by atoms with Crippen LogP contribution in [0.25, 0.3) is 11.4 Å². The van der Waals surface area contributed by atoms with Gasteiger partial charge < -0.3 is 18.9 Å². The molecule has 0 aliphatic carbocycles. The molecule has 0 saturated carbocycles.